The van der Waals surface area contributed by atoms with Gasteiger partial charge in [0.2, 0.25) is 0 Å². The molecule has 0 bridgehead atoms. The third-order valence-electron chi connectivity index (χ3n) is 2.89. The third-order valence-corrected chi connectivity index (χ3v) is 2.89. The van der Waals surface area contributed by atoms with E-state index in [0.29, 0.717) is 6.54 Å². The van der Waals surface area contributed by atoms with Crippen LogP contribution in [0.2, 0.25) is 0 Å². The average molecular weight is 205 g/mol. The highest BCUT2D eigenvalue weighted by Crippen LogP contribution is 2.27. The highest BCUT2D eigenvalue weighted by atomic mass is 16.3. The van der Waals surface area contributed by atoms with Gasteiger partial charge < -0.3 is 10.4 Å². The highest BCUT2D eigenvalue weighted by Gasteiger charge is 2.20. The molecule has 2 nitrogen and oxygen atoms in total. The molecule has 1 aliphatic rings. The molecule has 2 heteroatoms. The zero-order chi connectivity index (χ0) is 10.7. The third kappa shape index (κ3) is 3.33. The predicted octanol–water partition coefficient (Wildman–Crippen LogP) is 2.03. The van der Waals surface area contributed by atoms with E-state index in [9.17, 15) is 5.11 Å². The van der Waals surface area contributed by atoms with E-state index in [0.717, 1.165) is 18.0 Å². The van der Waals surface area contributed by atoms with E-state index in [1.807, 2.05) is 31.2 Å². The number of aliphatic hydroxyl groups is 1. The minimum absolute atomic E-state index is 0.372. The number of aryl methyl sites for hydroxylation is 1. The van der Waals surface area contributed by atoms with Gasteiger partial charge in [0.25, 0.3) is 0 Å². The van der Waals surface area contributed by atoms with Crippen molar-refractivity contribution < 1.29 is 5.11 Å². The maximum atomic E-state index is 9.92. The quantitative estimate of drug-likeness (QED) is 0.771. The summed E-state index contributed by atoms with van der Waals surface area (Å²) in [7, 11) is 0. The van der Waals surface area contributed by atoms with Gasteiger partial charge in [0.15, 0.2) is 0 Å². The summed E-state index contributed by atoms with van der Waals surface area (Å²) < 4.78 is 0. The van der Waals surface area contributed by atoms with Crippen LogP contribution in [-0.4, -0.2) is 18.2 Å². The molecule has 1 aromatic rings. The van der Waals surface area contributed by atoms with E-state index in [-0.39, 0.29) is 6.10 Å². The Morgan fingerprint density at radius 3 is 2.93 bits per heavy atom. The maximum Gasteiger partial charge on any atom is 0.0914 e. The van der Waals surface area contributed by atoms with Crippen molar-refractivity contribution in [1.29, 1.82) is 0 Å². The molecule has 15 heavy (non-hydrogen) atoms. The molecule has 2 rings (SSSR count). The van der Waals surface area contributed by atoms with E-state index >= 15 is 0 Å². The summed E-state index contributed by atoms with van der Waals surface area (Å²) in [6.45, 7) is 3.77. The molecule has 0 amide bonds. The van der Waals surface area contributed by atoms with Crippen molar-refractivity contribution in [2.45, 2.75) is 25.9 Å². The van der Waals surface area contributed by atoms with Crippen LogP contribution in [0.3, 0.4) is 0 Å². The zero-order valence-electron chi connectivity index (χ0n) is 9.24. The van der Waals surface area contributed by atoms with E-state index in [1.54, 1.807) is 0 Å². The van der Waals surface area contributed by atoms with Crippen LogP contribution in [0.5, 0.6) is 0 Å². The Morgan fingerprint density at radius 1 is 1.47 bits per heavy atom. The van der Waals surface area contributed by atoms with Gasteiger partial charge in [-0.1, -0.05) is 29.8 Å². The van der Waals surface area contributed by atoms with Crippen molar-refractivity contribution in [1.82, 2.24) is 5.32 Å². The molecule has 1 saturated carbocycles. The Bertz CT molecular complexity index is 320. The molecule has 1 aliphatic carbocycles. The number of benzene rings is 1. The molecule has 1 unspecified atom stereocenters. The summed E-state index contributed by atoms with van der Waals surface area (Å²) in [5.74, 6) is 0.870. The Morgan fingerprint density at radius 2 is 2.27 bits per heavy atom. The van der Waals surface area contributed by atoms with Gasteiger partial charge >= 0.3 is 0 Å². The first-order chi connectivity index (χ1) is 7.25. The van der Waals surface area contributed by atoms with Crippen molar-refractivity contribution in [3.8, 4) is 0 Å². The van der Waals surface area contributed by atoms with Crippen LogP contribution in [0.15, 0.2) is 24.3 Å². The van der Waals surface area contributed by atoms with Gasteiger partial charge in [0.05, 0.1) is 6.10 Å². The van der Waals surface area contributed by atoms with Crippen molar-refractivity contribution in [2.75, 3.05) is 13.1 Å². The second-order valence-corrected chi connectivity index (χ2v) is 4.53. The molecule has 1 atom stereocenters. The fourth-order valence-corrected chi connectivity index (χ4v) is 1.74. The first-order valence-corrected chi connectivity index (χ1v) is 5.71. The van der Waals surface area contributed by atoms with Gasteiger partial charge in [-0.3, -0.25) is 0 Å². The van der Waals surface area contributed by atoms with Crippen LogP contribution < -0.4 is 5.32 Å². The van der Waals surface area contributed by atoms with Crippen molar-refractivity contribution in [3.05, 3.63) is 35.4 Å². The molecular formula is C13H19NO. The summed E-state index contributed by atoms with van der Waals surface area (Å²) in [6, 6.07) is 8.07. The smallest absolute Gasteiger partial charge is 0.0914 e. The van der Waals surface area contributed by atoms with Gasteiger partial charge in [-0.15, -0.1) is 0 Å². The predicted molar refractivity (Wildman–Crippen MR) is 61.7 cm³/mol. The standard InChI is InChI=1S/C13H19NO/c1-10-3-2-4-12(7-10)13(15)9-14-8-11-5-6-11/h2-4,7,11,13-15H,5-6,8-9H2,1H3. The number of hydrogen-bond donors (Lipinski definition) is 2. The number of hydrogen-bond acceptors (Lipinski definition) is 2. The van der Waals surface area contributed by atoms with Crippen LogP contribution in [0, 0.1) is 12.8 Å². The van der Waals surface area contributed by atoms with E-state index in [1.165, 1.54) is 18.4 Å². The van der Waals surface area contributed by atoms with E-state index in [4.69, 9.17) is 0 Å². The molecule has 0 aliphatic heterocycles. The normalized spacial score (nSPS) is 17.7. The largest absolute Gasteiger partial charge is 0.387 e. The summed E-state index contributed by atoms with van der Waals surface area (Å²) in [4.78, 5) is 0. The summed E-state index contributed by atoms with van der Waals surface area (Å²) in [6.07, 6.45) is 2.34. The average Bonchev–Trinajstić information content (AvgIpc) is 3.01. The summed E-state index contributed by atoms with van der Waals surface area (Å²) in [5, 5.41) is 13.2. The molecule has 1 fully saturated rings. The van der Waals surface area contributed by atoms with Gasteiger partial charge in [-0.25, -0.2) is 0 Å². The van der Waals surface area contributed by atoms with Gasteiger partial charge in [-0.2, -0.15) is 0 Å². The van der Waals surface area contributed by atoms with Gasteiger partial charge in [0.1, 0.15) is 0 Å². The highest BCUT2D eigenvalue weighted by molar-refractivity contribution is 5.24. The number of aliphatic hydroxyl groups excluding tert-OH is 1. The molecule has 0 radical (unpaired) electrons. The maximum absolute atomic E-state index is 9.92. The second kappa shape index (κ2) is 4.77. The van der Waals surface area contributed by atoms with Crippen LogP contribution in [0.1, 0.15) is 30.1 Å². The van der Waals surface area contributed by atoms with Crippen LogP contribution in [-0.2, 0) is 0 Å². The molecule has 1 aromatic carbocycles. The lowest BCUT2D eigenvalue weighted by Gasteiger charge is -2.12. The first kappa shape index (κ1) is 10.7. The van der Waals surface area contributed by atoms with Crippen LogP contribution >= 0.6 is 0 Å². The Hall–Kier alpha value is -0.860. The van der Waals surface area contributed by atoms with Crippen molar-refractivity contribution >= 4 is 0 Å². The lowest BCUT2D eigenvalue weighted by atomic mass is 10.1. The van der Waals surface area contributed by atoms with Crippen molar-refractivity contribution in [3.63, 3.8) is 0 Å². The Kier molecular flexibility index (Phi) is 3.39. The zero-order valence-corrected chi connectivity index (χ0v) is 9.24. The Labute approximate surface area is 91.3 Å². The number of nitrogens with one attached hydrogen (secondary N) is 1. The lowest BCUT2D eigenvalue weighted by Crippen LogP contribution is -2.23. The molecule has 0 saturated heterocycles. The molecule has 82 valence electrons. The summed E-state index contributed by atoms with van der Waals surface area (Å²) >= 11 is 0. The second-order valence-electron chi connectivity index (χ2n) is 4.53. The van der Waals surface area contributed by atoms with Gasteiger partial charge in [-0.05, 0) is 37.8 Å². The van der Waals surface area contributed by atoms with Crippen LogP contribution in [0.4, 0.5) is 0 Å². The van der Waals surface area contributed by atoms with Gasteiger partial charge in [0, 0.05) is 6.54 Å². The topological polar surface area (TPSA) is 32.3 Å². The first-order valence-electron chi connectivity index (χ1n) is 5.71. The molecule has 0 heterocycles. The fraction of sp³-hybridized carbons (Fsp3) is 0.538. The number of rotatable bonds is 5. The van der Waals surface area contributed by atoms with E-state index in [2.05, 4.69) is 5.32 Å². The molecule has 0 aromatic heterocycles. The molecule has 0 spiro atoms. The lowest BCUT2D eigenvalue weighted by molar-refractivity contribution is 0.174. The summed E-state index contributed by atoms with van der Waals surface area (Å²) in [5.41, 5.74) is 2.21. The SMILES string of the molecule is Cc1cccc(C(O)CNCC2CC2)c1. The molecule has 2 N–H and O–H groups in total. The molecular weight excluding hydrogens is 186 g/mol. The minimum Gasteiger partial charge on any atom is -0.387 e. The Balaban J connectivity index is 1.80. The van der Waals surface area contributed by atoms with Crippen LogP contribution in [0.25, 0.3) is 0 Å². The minimum atomic E-state index is -0.372. The fourth-order valence-electron chi connectivity index (χ4n) is 1.74. The van der Waals surface area contributed by atoms with E-state index < -0.39 is 0 Å². The van der Waals surface area contributed by atoms with Crippen molar-refractivity contribution in [2.24, 2.45) is 5.92 Å². The monoisotopic (exact) mass is 205 g/mol.